The number of halogens is 1. The molecular formula is C25H29BrN2O4. The highest BCUT2D eigenvalue weighted by Gasteiger charge is 2.45. The number of aliphatic hydroxyl groups excluding tert-OH is 1. The van der Waals surface area contributed by atoms with Crippen molar-refractivity contribution in [1.29, 1.82) is 0 Å². The number of carbonyl (C=O) groups is 2. The number of carbonyl (C=O) groups excluding carboxylic acids is 2. The van der Waals surface area contributed by atoms with E-state index in [2.05, 4.69) is 34.7 Å². The van der Waals surface area contributed by atoms with E-state index in [1.807, 2.05) is 31.2 Å². The summed E-state index contributed by atoms with van der Waals surface area (Å²) in [7, 11) is 1.58. The first-order valence-electron chi connectivity index (χ1n) is 10.7. The number of Topliss-reactive ketones (excluding diaryl/α,β-unsaturated/α-hetero) is 1. The Morgan fingerprint density at radius 1 is 1.12 bits per heavy atom. The van der Waals surface area contributed by atoms with Crippen LogP contribution in [-0.4, -0.2) is 59.9 Å². The summed E-state index contributed by atoms with van der Waals surface area (Å²) in [5.74, 6) is -0.738. The van der Waals surface area contributed by atoms with Crippen molar-refractivity contribution in [2.45, 2.75) is 26.8 Å². The average Bonchev–Trinajstić information content (AvgIpc) is 3.04. The lowest BCUT2D eigenvalue weighted by Gasteiger charge is -2.28. The SMILES string of the molecule is CCN(CC)CCN1C(=O)C(=O)/C(=C(/O)c2ccc(OC)c(C)c2)[C@@H]1c1ccc(Br)cc1. The van der Waals surface area contributed by atoms with Crippen molar-refractivity contribution in [3.63, 3.8) is 0 Å². The smallest absolute Gasteiger partial charge is 0.295 e. The van der Waals surface area contributed by atoms with E-state index in [4.69, 9.17) is 4.74 Å². The number of hydrogen-bond acceptors (Lipinski definition) is 5. The van der Waals surface area contributed by atoms with Crippen LogP contribution in [-0.2, 0) is 9.59 Å². The van der Waals surface area contributed by atoms with E-state index in [1.54, 1.807) is 30.2 Å². The van der Waals surface area contributed by atoms with Gasteiger partial charge < -0.3 is 19.6 Å². The molecule has 2 aromatic rings. The summed E-state index contributed by atoms with van der Waals surface area (Å²) in [6.07, 6.45) is 0. The third-order valence-corrected chi connectivity index (χ3v) is 6.47. The molecule has 1 heterocycles. The molecule has 2 aromatic carbocycles. The maximum absolute atomic E-state index is 13.1. The van der Waals surface area contributed by atoms with Crippen molar-refractivity contribution in [3.8, 4) is 5.75 Å². The van der Waals surface area contributed by atoms with Gasteiger partial charge in [0.15, 0.2) is 0 Å². The quantitative estimate of drug-likeness (QED) is 0.327. The molecule has 0 aliphatic carbocycles. The van der Waals surface area contributed by atoms with Gasteiger partial charge >= 0.3 is 0 Å². The maximum atomic E-state index is 13.1. The summed E-state index contributed by atoms with van der Waals surface area (Å²) in [6.45, 7) is 8.75. The zero-order valence-electron chi connectivity index (χ0n) is 18.9. The Morgan fingerprint density at radius 2 is 1.78 bits per heavy atom. The largest absolute Gasteiger partial charge is 0.507 e. The standard InChI is InChI=1S/C25H29BrN2O4/c1-5-27(6-2)13-14-28-22(17-7-10-19(26)11-8-17)21(24(30)25(28)31)23(29)18-9-12-20(32-4)16(3)15-18/h7-12,15,22,29H,5-6,13-14H2,1-4H3/b23-21+/t22-/m0/s1. The number of amides is 1. The van der Waals surface area contributed by atoms with Gasteiger partial charge in [0.2, 0.25) is 0 Å². The lowest BCUT2D eigenvalue weighted by molar-refractivity contribution is -0.140. The van der Waals surface area contributed by atoms with E-state index in [0.717, 1.165) is 28.7 Å². The molecule has 0 aromatic heterocycles. The fourth-order valence-corrected chi connectivity index (χ4v) is 4.34. The molecule has 6 nitrogen and oxygen atoms in total. The third kappa shape index (κ3) is 4.74. The molecule has 0 saturated carbocycles. The average molecular weight is 501 g/mol. The monoisotopic (exact) mass is 500 g/mol. The van der Waals surface area contributed by atoms with Crippen LogP contribution >= 0.6 is 15.9 Å². The number of rotatable bonds is 8. The first-order chi connectivity index (χ1) is 15.3. The Bertz CT molecular complexity index is 1030. The third-order valence-electron chi connectivity index (χ3n) is 5.95. The molecule has 1 fully saturated rings. The Kier molecular flexibility index (Phi) is 7.74. The molecule has 0 spiro atoms. The lowest BCUT2D eigenvalue weighted by Crippen LogP contribution is -2.38. The summed E-state index contributed by atoms with van der Waals surface area (Å²) in [6, 6.07) is 12.0. The van der Waals surface area contributed by atoms with Gasteiger partial charge in [-0.15, -0.1) is 0 Å². The second-order valence-corrected chi connectivity index (χ2v) is 8.67. The molecule has 1 atom stereocenters. The van der Waals surface area contributed by atoms with Crippen LogP contribution in [0, 0.1) is 6.92 Å². The summed E-state index contributed by atoms with van der Waals surface area (Å²) in [5.41, 5.74) is 2.19. The zero-order chi connectivity index (χ0) is 23.4. The van der Waals surface area contributed by atoms with Crippen molar-refractivity contribution >= 4 is 33.4 Å². The molecule has 170 valence electrons. The number of aryl methyl sites for hydroxylation is 1. The van der Waals surface area contributed by atoms with E-state index in [9.17, 15) is 14.7 Å². The van der Waals surface area contributed by atoms with Crippen molar-refractivity contribution < 1.29 is 19.4 Å². The summed E-state index contributed by atoms with van der Waals surface area (Å²) < 4.78 is 6.20. The number of likely N-dealkylation sites (N-methyl/N-ethyl adjacent to an activating group) is 1. The van der Waals surface area contributed by atoms with Gasteiger partial charge in [0, 0.05) is 23.1 Å². The minimum absolute atomic E-state index is 0.112. The minimum Gasteiger partial charge on any atom is -0.507 e. The van der Waals surface area contributed by atoms with Crippen molar-refractivity contribution in [1.82, 2.24) is 9.80 Å². The zero-order valence-corrected chi connectivity index (χ0v) is 20.5. The molecule has 3 rings (SSSR count). The number of ketones is 1. The summed E-state index contributed by atoms with van der Waals surface area (Å²) >= 11 is 3.44. The van der Waals surface area contributed by atoms with E-state index >= 15 is 0 Å². The van der Waals surface area contributed by atoms with Crippen molar-refractivity contribution in [2.24, 2.45) is 0 Å². The maximum Gasteiger partial charge on any atom is 0.295 e. The fourth-order valence-electron chi connectivity index (χ4n) is 4.07. The second kappa shape index (κ2) is 10.3. The number of hydrogen-bond donors (Lipinski definition) is 1. The van der Waals surface area contributed by atoms with Crippen LogP contribution in [0.15, 0.2) is 52.5 Å². The van der Waals surface area contributed by atoms with Gasteiger partial charge in [0.25, 0.3) is 11.7 Å². The van der Waals surface area contributed by atoms with E-state index in [1.165, 1.54) is 0 Å². The Labute approximate surface area is 197 Å². The van der Waals surface area contributed by atoms with Crippen LogP contribution in [0.2, 0.25) is 0 Å². The van der Waals surface area contributed by atoms with E-state index in [-0.39, 0.29) is 11.3 Å². The number of ether oxygens (including phenoxy) is 1. The van der Waals surface area contributed by atoms with Gasteiger partial charge in [-0.2, -0.15) is 0 Å². The number of aliphatic hydroxyl groups is 1. The van der Waals surface area contributed by atoms with E-state index < -0.39 is 17.7 Å². The van der Waals surface area contributed by atoms with E-state index in [0.29, 0.717) is 24.4 Å². The van der Waals surface area contributed by atoms with Gasteiger partial charge in [-0.1, -0.05) is 41.9 Å². The minimum atomic E-state index is -0.663. The molecule has 1 N–H and O–H groups in total. The van der Waals surface area contributed by atoms with Crippen LogP contribution in [0.1, 0.15) is 36.6 Å². The molecule has 0 bridgehead atoms. The molecular weight excluding hydrogens is 472 g/mol. The van der Waals surface area contributed by atoms with Crippen LogP contribution in [0.4, 0.5) is 0 Å². The Morgan fingerprint density at radius 3 is 2.34 bits per heavy atom. The first-order valence-corrected chi connectivity index (χ1v) is 11.5. The van der Waals surface area contributed by atoms with Crippen LogP contribution in [0.5, 0.6) is 5.75 Å². The number of methoxy groups -OCH3 is 1. The Balaban J connectivity index is 2.10. The van der Waals surface area contributed by atoms with Crippen LogP contribution in [0.3, 0.4) is 0 Å². The predicted octanol–water partition coefficient (Wildman–Crippen LogP) is 4.53. The topological polar surface area (TPSA) is 70.1 Å². The Hall–Kier alpha value is -2.64. The van der Waals surface area contributed by atoms with Crippen molar-refractivity contribution in [2.75, 3.05) is 33.3 Å². The number of nitrogens with zero attached hydrogens (tertiary/aromatic N) is 2. The normalized spacial score (nSPS) is 17.9. The molecule has 1 saturated heterocycles. The first kappa shape index (κ1) is 24.0. The highest BCUT2D eigenvalue weighted by molar-refractivity contribution is 9.10. The van der Waals surface area contributed by atoms with Crippen LogP contribution < -0.4 is 4.74 Å². The molecule has 7 heteroatoms. The highest BCUT2D eigenvalue weighted by atomic mass is 79.9. The summed E-state index contributed by atoms with van der Waals surface area (Å²) in [4.78, 5) is 29.9. The fraction of sp³-hybridized carbons (Fsp3) is 0.360. The molecule has 1 aliphatic heterocycles. The molecule has 1 aliphatic rings. The summed E-state index contributed by atoms with van der Waals surface area (Å²) in [5, 5.41) is 11.2. The second-order valence-electron chi connectivity index (χ2n) is 7.76. The van der Waals surface area contributed by atoms with Gasteiger partial charge in [-0.25, -0.2) is 0 Å². The van der Waals surface area contributed by atoms with Gasteiger partial charge in [0.05, 0.1) is 18.7 Å². The predicted molar refractivity (Wildman–Crippen MR) is 129 cm³/mol. The van der Waals surface area contributed by atoms with Crippen LogP contribution in [0.25, 0.3) is 5.76 Å². The van der Waals surface area contributed by atoms with Gasteiger partial charge in [-0.3, -0.25) is 9.59 Å². The number of likely N-dealkylation sites (tertiary alicyclic amines) is 1. The molecule has 32 heavy (non-hydrogen) atoms. The lowest BCUT2D eigenvalue weighted by atomic mass is 9.95. The highest BCUT2D eigenvalue weighted by Crippen LogP contribution is 2.40. The van der Waals surface area contributed by atoms with Gasteiger partial charge in [0.1, 0.15) is 11.5 Å². The van der Waals surface area contributed by atoms with Gasteiger partial charge in [-0.05, 0) is 61.5 Å². The number of benzene rings is 2. The molecule has 1 amide bonds. The van der Waals surface area contributed by atoms with Crippen molar-refractivity contribution in [3.05, 3.63) is 69.2 Å². The molecule has 0 unspecified atom stereocenters. The molecule has 0 radical (unpaired) electrons.